The largest absolute Gasteiger partial charge is 0.378 e. The molecule has 1 amide bonds. The van der Waals surface area contributed by atoms with Crippen LogP contribution in [0, 0.1) is 0 Å². The highest BCUT2D eigenvalue weighted by molar-refractivity contribution is 5.96. The molecule has 1 rings (SSSR count). The molecule has 1 atom stereocenters. The monoisotopic (exact) mass is 197 g/mol. The second-order valence-corrected chi connectivity index (χ2v) is 3.23. The molecule has 0 bridgehead atoms. The minimum atomic E-state index is -1.96. The number of anilines is 1. The van der Waals surface area contributed by atoms with Gasteiger partial charge in [0.1, 0.15) is 6.67 Å². The fourth-order valence-corrected chi connectivity index (χ4v) is 0.848. The summed E-state index contributed by atoms with van der Waals surface area (Å²) in [4.78, 5) is 11.3. The number of halogens is 1. The minimum Gasteiger partial charge on any atom is -0.378 e. The molecule has 0 aliphatic carbocycles. The number of hydrogen-bond acceptors (Lipinski definition) is 2. The highest BCUT2D eigenvalue weighted by atomic mass is 19.1. The van der Waals surface area contributed by atoms with E-state index in [1.807, 2.05) is 0 Å². The molecule has 0 heterocycles. The van der Waals surface area contributed by atoms with Crippen molar-refractivity contribution in [1.82, 2.24) is 0 Å². The first-order valence-corrected chi connectivity index (χ1v) is 4.21. The number of alkyl halides is 1. The average molecular weight is 197 g/mol. The Morgan fingerprint density at radius 1 is 1.50 bits per heavy atom. The number of benzene rings is 1. The number of aliphatic hydroxyl groups is 1. The summed E-state index contributed by atoms with van der Waals surface area (Å²) in [5, 5.41) is 11.7. The SMILES string of the molecule is C[C@](O)(CF)C(=O)Nc1ccccc1. The van der Waals surface area contributed by atoms with Crippen molar-refractivity contribution in [2.45, 2.75) is 12.5 Å². The molecule has 0 fully saturated rings. The molecule has 0 radical (unpaired) electrons. The third-order valence-electron chi connectivity index (χ3n) is 1.78. The molecular weight excluding hydrogens is 185 g/mol. The van der Waals surface area contributed by atoms with E-state index in [4.69, 9.17) is 0 Å². The van der Waals surface area contributed by atoms with E-state index in [2.05, 4.69) is 5.32 Å². The zero-order chi connectivity index (χ0) is 10.6. The summed E-state index contributed by atoms with van der Waals surface area (Å²) in [5.74, 6) is -0.744. The lowest BCUT2D eigenvalue weighted by atomic mass is 10.1. The van der Waals surface area contributed by atoms with Crippen LogP contribution in [0.5, 0.6) is 0 Å². The molecule has 76 valence electrons. The van der Waals surface area contributed by atoms with Crippen LogP contribution in [0.15, 0.2) is 30.3 Å². The van der Waals surface area contributed by atoms with Crippen molar-refractivity contribution in [1.29, 1.82) is 0 Å². The van der Waals surface area contributed by atoms with Crippen LogP contribution in [-0.2, 0) is 4.79 Å². The summed E-state index contributed by atoms with van der Waals surface area (Å²) in [5.41, 5.74) is -1.43. The van der Waals surface area contributed by atoms with E-state index in [0.717, 1.165) is 6.92 Å². The Balaban J connectivity index is 2.67. The normalized spacial score (nSPS) is 14.5. The van der Waals surface area contributed by atoms with Gasteiger partial charge in [-0.3, -0.25) is 4.79 Å². The maximum absolute atomic E-state index is 12.2. The molecule has 0 aliphatic rings. The summed E-state index contributed by atoms with van der Waals surface area (Å²) < 4.78 is 12.2. The number of para-hydroxylation sites is 1. The van der Waals surface area contributed by atoms with Crippen molar-refractivity contribution in [3.8, 4) is 0 Å². The number of carbonyl (C=O) groups is 1. The van der Waals surface area contributed by atoms with E-state index in [0.29, 0.717) is 5.69 Å². The highest BCUT2D eigenvalue weighted by Gasteiger charge is 2.30. The standard InChI is InChI=1S/C10H12FNO2/c1-10(14,7-11)9(13)12-8-5-3-2-4-6-8/h2-6,14H,7H2,1H3,(H,12,13)/t10-/m0/s1. The van der Waals surface area contributed by atoms with Crippen LogP contribution in [-0.4, -0.2) is 23.3 Å². The fourth-order valence-electron chi connectivity index (χ4n) is 0.848. The minimum absolute atomic E-state index is 0.534. The molecule has 0 unspecified atom stereocenters. The van der Waals surface area contributed by atoms with Crippen LogP contribution in [0.25, 0.3) is 0 Å². The van der Waals surface area contributed by atoms with Crippen LogP contribution in [0.4, 0.5) is 10.1 Å². The predicted molar refractivity (Wildman–Crippen MR) is 51.7 cm³/mol. The zero-order valence-electron chi connectivity index (χ0n) is 7.83. The quantitative estimate of drug-likeness (QED) is 0.768. The summed E-state index contributed by atoms with van der Waals surface area (Å²) >= 11 is 0. The Hall–Kier alpha value is -1.42. The predicted octanol–water partition coefficient (Wildman–Crippen LogP) is 1.35. The lowest BCUT2D eigenvalue weighted by molar-refractivity contribution is -0.133. The van der Waals surface area contributed by atoms with Crippen molar-refractivity contribution in [3.05, 3.63) is 30.3 Å². The van der Waals surface area contributed by atoms with E-state index in [9.17, 15) is 14.3 Å². The molecule has 3 nitrogen and oxygen atoms in total. The summed E-state index contributed by atoms with van der Waals surface area (Å²) in [7, 11) is 0. The van der Waals surface area contributed by atoms with Crippen LogP contribution < -0.4 is 5.32 Å². The Kier molecular flexibility index (Phi) is 3.19. The van der Waals surface area contributed by atoms with Crippen molar-refractivity contribution in [2.24, 2.45) is 0 Å². The van der Waals surface area contributed by atoms with Crippen LogP contribution in [0.1, 0.15) is 6.92 Å². The summed E-state index contributed by atoms with van der Waals surface area (Å²) in [6.07, 6.45) is 0. The molecule has 1 aromatic rings. The fraction of sp³-hybridized carbons (Fsp3) is 0.300. The molecule has 1 aromatic carbocycles. The Morgan fingerprint density at radius 2 is 2.07 bits per heavy atom. The molecule has 0 aliphatic heterocycles. The molecule has 0 aromatic heterocycles. The summed E-state index contributed by atoms with van der Waals surface area (Å²) in [6, 6.07) is 8.58. The summed E-state index contributed by atoms with van der Waals surface area (Å²) in [6.45, 7) is 0.0247. The molecule has 0 saturated heterocycles. The van der Waals surface area contributed by atoms with Gasteiger partial charge in [0.05, 0.1) is 0 Å². The molecule has 0 spiro atoms. The van der Waals surface area contributed by atoms with Gasteiger partial charge in [-0.25, -0.2) is 4.39 Å². The Bertz CT molecular complexity index is 311. The van der Waals surface area contributed by atoms with Gasteiger partial charge in [-0.15, -0.1) is 0 Å². The maximum atomic E-state index is 12.2. The highest BCUT2D eigenvalue weighted by Crippen LogP contribution is 2.10. The Labute approximate surface area is 81.6 Å². The lowest BCUT2D eigenvalue weighted by Crippen LogP contribution is -2.41. The van der Waals surface area contributed by atoms with Crippen LogP contribution in [0.3, 0.4) is 0 Å². The first kappa shape index (κ1) is 10.7. The number of hydrogen-bond donors (Lipinski definition) is 2. The average Bonchev–Trinajstić information content (AvgIpc) is 2.19. The second-order valence-electron chi connectivity index (χ2n) is 3.23. The number of amides is 1. The number of rotatable bonds is 3. The van der Waals surface area contributed by atoms with Gasteiger partial charge in [0.15, 0.2) is 5.60 Å². The number of carbonyl (C=O) groups excluding carboxylic acids is 1. The van der Waals surface area contributed by atoms with Gasteiger partial charge in [0.25, 0.3) is 5.91 Å². The molecule has 0 saturated carbocycles. The smallest absolute Gasteiger partial charge is 0.258 e. The van der Waals surface area contributed by atoms with Crippen molar-refractivity contribution in [2.75, 3.05) is 12.0 Å². The topological polar surface area (TPSA) is 49.3 Å². The molecule has 4 heteroatoms. The molecular formula is C10H12FNO2. The molecule has 14 heavy (non-hydrogen) atoms. The van der Waals surface area contributed by atoms with Gasteiger partial charge in [-0.2, -0.15) is 0 Å². The third kappa shape index (κ3) is 2.53. The van der Waals surface area contributed by atoms with Gasteiger partial charge in [-0.1, -0.05) is 18.2 Å². The van der Waals surface area contributed by atoms with Crippen LogP contribution >= 0.6 is 0 Å². The maximum Gasteiger partial charge on any atom is 0.258 e. The zero-order valence-corrected chi connectivity index (χ0v) is 7.83. The second kappa shape index (κ2) is 4.19. The van der Waals surface area contributed by atoms with Crippen molar-refractivity contribution < 1.29 is 14.3 Å². The lowest BCUT2D eigenvalue weighted by Gasteiger charge is -2.18. The van der Waals surface area contributed by atoms with Gasteiger partial charge in [0, 0.05) is 5.69 Å². The van der Waals surface area contributed by atoms with E-state index in [-0.39, 0.29) is 0 Å². The van der Waals surface area contributed by atoms with Gasteiger partial charge in [-0.05, 0) is 19.1 Å². The molecule has 2 N–H and O–H groups in total. The van der Waals surface area contributed by atoms with Crippen molar-refractivity contribution >= 4 is 11.6 Å². The first-order chi connectivity index (χ1) is 6.56. The van der Waals surface area contributed by atoms with Gasteiger partial charge >= 0.3 is 0 Å². The van der Waals surface area contributed by atoms with Crippen LogP contribution in [0.2, 0.25) is 0 Å². The van der Waals surface area contributed by atoms with E-state index in [1.54, 1.807) is 30.3 Å². The van der Waals surface area contributed by atoms with Crippen molar-refractivity contribution in [3.63, 3.8) is 0 Å². The van der Waals surface area contributed by atoms with E-state index < -0.39 is 18.2 Å². The third-order valence-corrected chi connectivity index (χ3v) is 1.78. The number of nitrogens with one attached hydrogen (secondary N) is 1. The van der Waals surface area contributed by atoms with E-state index >= 15 is 0 Å². The Morgan fingerprint density at radius 3 is 2.57 bits per heavy atom. The van der Waals surface area contributed by atoms with Gasteiger partial charge < -0.3 is 10.4 Å². The van der Waals surface area contributed by atoms with E-state index in [1.165, 1.54) is 0 Å². The first-order valence-electron chi connectivity index (χ1n) is 4.21. The van der Waals surface area contributed by atoms with Gasteiger partial charge in [0.2, 0.25) is 0 Å².